The van der Waals surface area contributed by atoms with Gasteiger partial charge in [0.2, 0.25) is 0 Å². The summed E-state index contributed by atoms with van der Waals surface area (Å²) in [5.74, 6) is 1.67. The summed E-state index contributed by atoms with van der Waals surface area (Å²) in [7, 11) is 0. The van der Waals surface area contributed by atoms with E-state index in [1.807, 2.05) is 44.2 Å². The van der Waals surface area contributed by atoms with Crippen molar-refractivity contribution in [1.82, 2.24) is 19.9 Å². The number of nitrogens with one attached hydrogen (secondary N) is 2. The van der Waals surface area contributed by atoms with E-state index in [0.29, 0.717) is 23.1 Å². The molecule has 4 aromatic rings. The maximum atomic E-state index is 6.23. The van der Waals surface area contributed by atoms with Crippen LogP contribution in [0.4, 0.5) is 28.3 Å². The van der Waals surface area contributed by atoms with Crippen LogP contribution in [0.25, 0.3) is 10.2 Å². The predicted octanol–water partition coefficient (Wildman–Crippen LogP) is 4.17. The third kappa shape index (κ3) is 3.14. The van der Waals surface area contributed by atoms with Gasteiger partial charge in [0, 0.05) is 6.20 Å². The average molecular weight is 363 g/mol. The van der Waals surface area contributed by atoms with Gasteiger partial charge >= 0.3 is 0 Å². The molecule has 0 fully saturated rings. The molecule has 0 aliphatic carbocycles. The zero-order valence-electron chi connectivity index (χ0n) is 14.3. The molecule has 0 unspecified atom stereocenters. The Kier molecular flexibility index (Phi) is 4.10. The highest BCUT2D eigenvalue weighted by Crippen LogP contribution is 2.32. The number of hydrogen-bond acceptors (Lipinski definition) is 8. The summed E-state index contributed by atoms with van der Waals surface area (Å²) in [6, 6.07) is 9.96. The lowest BCUT2D eigenvalue weighted by molar-refractivity contribution is 1.16. The molecule has 0 amide bonds. The molecule has 0 saturated carbocycles. The van der Waals surface area contributed by atoms with Crippen molar-refractivity contribution in [2.24, 2.45) is 0 Å². The number of nitrogens with zero attached hydrogens (tertiary/aromatic N) is 4. The van der Waals surface area contributed by atoms with Crippen molar-refractivity contribution in [2.45, 2.75) is 13.8 Å². The number of rotatable bonds is 4. The fourth-order valence-corrected chi connectivity index (χ4v) is 3.44. The number of nitrogen functional groups attached to an aromatic ring is 1. The molecule has 0 atom stereocenters. The van der Waals surface area contributed by atoms with Gasteiger partial charge in [-0.2, -0.15) is 0 Å². The van der Waals surface area contributed by atoms with Crippen LogP contribution in [0.3, 0.4) is 0 Å². The Morgan fingerprint density at radius 1 is 0.962 bits per heavy atom. The van der Waals surface area contributed by atoms with E-state index in [2.05, 4.69) is 30.6 Å². The summed E-state index contributed by atoms with van der Waals surface area (Å²) in [6.45, 7) is 4.03. The van der Waals surface area contributed by atoms with E-state index in [1.165, 1.54) is 6.33 Å². The van der Waals surface area contributed by atoms with Crippen molar-refractivity contribution >= 4 is 49.8 Å². The molecular weight excluding hydrogens is 346 g/mol. The zero-order chi connectivity index (χ0) is 18.1. The van der Waals surface area contributed by atoms with Gasteiger partial charge in [-0.25, -0.2) is 19.9 Å². The molecule has 3 heterocycles. The minimum Gasteiger partial charge on any atom is -0.393 e. The number of aromatic nitrogens is 4. The van der Waals surface area contributed by atoms with E-state index in [0.717, 1.165) is 26.5 Å². The van der Waals surface area contributed by atoms with Gasteiger partial charge in [0.15, 0.2) is 16.8 Å². The van der Waals surface area contributed by atoms with Gasteiger partial charge in [-0.15, -0.1) is 0 Å². The molecule has 0 radical (unpaired) electrons. The van der Waals surface area contributed by atoms with Gasteiger partial charge in [-0.05, 0) is 37.1 Å². The van der Waals surface area contributed by atoms with Crippen LogP contribution in [0.5, 0.6) is 0 Å². The largest absolute Gasteiger partial charge is 0.393 e. The molecule has 1 aromatic carbocycles. The monoisotopic (exact) mass is 363 g/mol. The summed E-state index contributed by atoms with van der Waals surface area (Å²) in [4.78, 5) is 17.4. The SMILES string of the molecule is Cc1ccc(Nc2ncnc(Nc3nc4c(C)cccc4s3)c2N)nc1. The molecule has 0 bridgehead atoms. The standard InChI is InChI=1S/C18H17N7S/c1-10-6-7-13(20-8-10)23-16-14(19)17(22-9-21-16)25-18-24-15-11(2)4-3-5-12(15)26-18/h3-9H,19H2,1-2H3,(H2,20,21,22,23,24,25). The number of thiazole rings is 1. The highest BCUT2D eigenvalue weighted by atomic mass is 32.1. The predicted molar refractivity (Wildman–Crippen MR) is 106 cm³/mol. The highest BCUT2D eigenvalue weighted by Gasteiger charge is 2.12. The van der Waals surface area contributed by atoms with Crippen LogP contribution in [0.1, 0.15) is 11.1 Å². The first-order chi connectivity index (χ1) is 12.6. The van der Waals surface area contributed by atoms with Crippen LogP contribution in [0.15, 0.2) is 42.9 Å². The van der Waals surface area contributed by atoms with Crippen LogP contribution in [-0.2, 0) is 0 Å². The molecular formula is C18H17N7S. The number of fused-ring (bicyclic) bond motifs is 1. The van der Waals surface area contributed by atoms with Gasteiger partial charge < -0.3 is 16.4 Å². The molecule has 4 rings (SSSR count). The summed E-state index contributed by atoms with van der Waals surface area (Å²) in [6.07, 6.45) is 3.23. The first-order valence-electron chi connectivity index (χ1n) is 8.03. The lowest BCUT2D eigenvalue weighted by atomic mass is 10.2. The smallest absolute Gasteiger partial charge is 0.189 e. The Bertz CT molecular complexity index is 1070. The maximum Gasteiger partial charge on any atom is 0.189 e. The molecule has 0 spiro atoms. The lowest BCUT2D eigenvalue weighted by Gasteiger charge is -2.10. The summed E-state index contributed by atoms with van der Waals surface area (Å²) in [5, 5.41) is 7.05. The number of anilines is 5. The summed E-state index contributed by atoms with van der Waals surface area (Å²) in [5.41, 5.74) is 9.84. The second-order valence-electron chi connectivity index (χ2n) is 5.90. The topological polar surface area (TPSA) is 102 Å². The van der Waals surface area contributed by atoms with Crippen molar-refractivity contribution in [2.75, 3.05) is 16.4 Å². The van der Waals surface area contributed by atoms with Gasteiger partial charge in [0.1, 0.15) is 17.8 Å². The maximum absolute atomic E-state index is 6.23. The molecule has 26 heavy (non-hydrogen) atoms. The molecule has 7 nitrogen and oxygen atoms in total. The molecule has 0 saturated heterocycles. The molecule has 3 aromatic heterocycles. The van der Waals surface area contributed by atoms with E-state index in [1.54, 1.807) is 17.5 Å². The van der Waals surface area contributed by atoms with Crippen LogP contribution in [0.2, 0.25) is 0 Å². The Labute approximate surface area is 154 Å². The fraction of sp³-hybridized carbons (Fsp3) is 0.111. The van der Waals surface area contributed by atoms with Gasteiger partial charge in [-0.1, -0.05) is 29.5 Å². The molecule has 0 aliphatic heterocycles. The number of pyridine rings is 1. The van der Waals surface area contributed by atoms with E-state index in [-0.39, 0.29) is 0 Å². The van der Waals surface area contributed by atoms with Crippen molar-refractivity contribution in [1.29, 1.82) is 0 Å². The second-order valence-corrected chi connectivity index (χ2v) is 6.93. The first kappa shape index (κ1) is 16.2. The van der Waals surface area contributed by atoms with Crippen LogP contribution < -0.4 is 16.4 Å². The van der Waals surface area contributed by atoms with Crippen molar-refractivity contribution in [3.8, 4) is 0 Å². The van der Waals surface area contributed by atoms with Crippen LogP contribution >= 0.6 is 11.3 Å². The number of aryl methyl sites for hydroxylation is 2. The summed E-state index contributed by atoms with van der Waals surface area (Å²) < 4.78 is 1.11. The fourth-order valence-electron chi connectivity index (χ4n) is 2.50. The van der Waals surface area contributed by atoms with Crippen LogP contribution in [-0.4, -0.2) is 19.9 Å². The second kappa shape index (κ2) is 6.57. The average Bonchev–Trinajstić information content (AvgIpc) is 3.04. The third-order valence-corrected chi connectivity index (χ3v) is 4.82. The van der Waals surface area contributed by atoms with Gasteiger partial charge in [0.05, 0.1) is 10.2 Å². The van der Waals surface area contributed by atoms with Gasteiger partial charge in [-0.3, -0.25) is 0 Å². The Morgan fingerprint density at radius 3 is 2.50 bits per heavy atom. The molecule has 8 heteroatoms. The Balaban J connectivity index is 1.62. The van der Waals surface area contributed by atoms with Crippen molar-refractivity contribution < 1.29 is 0 Å². The van der Waals surface area contributed by atoms with E-state index < -0.39 is 0 Å². The van der Waals surface area contributed by atoms with Crippen molar-refractivity contribution in [3.63, 3.8) is 0 Å². The van der Waals surface area contributed by atoms with Crippen molar-refractivity contribution in [3.05, 3.63) is 54.0 Å². The highest BCUT2D eigenvalue weighted by molar-refractivity contribution is 7.22. The number of hydrogen-bond donors (Lipinski definition) is 3. The number of para-hydroxylation sites is 1. The zero-order valence-corrected chi connectivity index (χ0v) is 15.1. The Hall–Kier alpha value is -3.26. The Morgan fingerprint density at radius 2 is 1.77 bits per heavy atom. The normalized spacial score (nSPS) is 10.8. The minimum absolute atomic E-state index is 0.408. The van der Waals surface area contributed by atoms with Crippen LogP contribution in [0, 0.1) is 13.8 Å². The molecule has 4 N–H and O–H groups in total. The third-order valence-electron chi connectivity index (χ3n) is 3.89. The van der Waals surface area contributed by atoms with Gasteiger partial charge in [0.25, 0.3) is 0 Å². The van der Waals surface area contributed by atoms with E-state index in [9.17, 15) is 0 Å². The van der Waals surface area contributed by atoms with E-state index >= 15 is 0 Å². The quantitative estimate of drug-likeness (QED) is 0.500. The van der Waals surface area contributed by atoms with E-state index in [4.69, 9.17) is 5.73 Å². The summed E-state index contributed by atoms with van der Waals surface area (Å²) >= 11 is 1.56. The lowest BCUT2D eigenvalue weighted by Crippen LogP contribution is -2.05. The molecule has 130 valence electrons. The number of benzene rings is 1. The molecule has 0 aliphatic rings. The first-order valence-corrected chi connectivity index (χ1v) is 8.85. The number of nitrogens with two attached hydrogens (primary N) is 1. The minimum atomic E-state index is 0.408.